The molecule has 156 valence electrons. The van der Waals surface area contributed by atoms with E-state index in [1.165, 1.54) is 11.8 Å². The van der Waals surface area contributed by atoms with E-state index in [-0.39, 0.29) is 13.0 Å². The predicted molar refractivity (Wildman–Crippen MR) is 107 cm³/mol. The van der Waals surface area contributed by atoms with Gasteiger partial charge in [-0.25, -0.2) is 4.68 Å². The second kappa shape index (κ2) is 9.75. The number of methoxy groups -OCH3 is 1. The van der Waals surface area contributed by atoms with Gasteiger partial charge < -0.3 is 9.84 Å². The Morgan fingerprint density at radius 1 is 1.13 bits per heavy atom. The highest BCUT2D eigenvalue weighted by atomic mass is 16.5. The summed E-state index contributed by atoms with van der Waals surface area (Å²) in [6.07, 6.45) is -0.134. The number of carboxylic acids is 1. The third kappa shape index (κ3) is 5.26. The van der Waals surface area contributed by atoms with Crippen molar-refractivity contribution in [2.45, 2.75) is 32.0 Å². The average Bonchev–Trinajstić information content (AvgIpc) is 3.19. The van der Waals surface area contributed by atoms with Crippen molar-refractivity contribution in [2.24, 2.45) is 0 Å². The Kier molecular flexibility index (Phi) is 6.87. The van der Waals surface area contributed by atoms with E-state index >= 15 is 0 Å². The summed E-state index contributed by atoms with van der Waals surface area (Å²) in [5.74, 6) is -1.04. The first-order valence-electron chi connectivity index (χ1n) is 9.40. The van der Waals surface area contributed by atoms with Crippen LogP contribution in [0, 0.1) is 6.92 Å². The number of aryl methyl sites for hydroxylation is 1. The van der Waals surface area contributed by atoms with E-state index in [2.05, 4.69) is 20.8 Å². The fourth-order valence-corrected chi connectivity index (χ4v) is 3.22. The average molecular weight is 409 g/mol. The third-order valence-electron chi connectivity index (χ3n) is 4.65. The number of aromatic nitrogens is 4. The van der Waals surface area contributed by atoms with E-state index in [0.717, 1.165) is 16.7 Å². The maximum atomic E-state index is 11.8. The Morgan fingerprint density at radius 3 is 2.53 bits per heavy atom. The SMILES string of the molecule is COC(=O)Cn1nnnc1C(NC(CC(=O)O)c1cccc(C)c1)c1ccccc1. The van der Waals surface area contributed by atoms with E-state index in [1.807, 2.05) is 61.5 Å². The molecule has 0 amide bonds. The van der Waals surface area contributed by atoms with Gasteiger partial charge in [-0.2, -0.15) is 0 Å². The molecular formula is C21H23N5O4. The lowest BCUT2D eigenvalue weighted by atomic mass is 9.98. The van der Waals surface area contributed by atoms with Gasteiger partial charge >= 0.3 is 11.9 Å². The summed E-state index contributed by atoms with van der Waals surface area (Å²) >= 11 is 0. The van der Waals surface area contributed by atoms with Crippen molar-refractivity contribution < 1.29 is 19.4 Å². The Morgan fingerprint density at radius 2 is 1.87 bits per heavy atom. The number of hydrogen-bond acceptors (Lipinski definition) is 7. The lowest BCUT2D eigenvalue weighted by Crippen LogP contribution is -2.32. The molecule has 3 aromatic rings. The molecule has 9 heteroatoms. The van der Waals surface area contributed by atoms with Crippen LogP contribution < -0.4 is 5.32 Å². The monoisotopic (exact) mass is 409 g/mol. The molecule has 2 aromatic carbocycles. The topological polar surface area (TPSA) is 119 Å². The number of ether oxygens (including phenoxy) is 1. The molecule has 0 saturated heterocycles. The van der Waals surface area contributed by atoms with Crippen LogP contribution in [0.4, 0.5) is 0 Å². The van der Waals surface area contributed by atoms with Crippen molar-refractivity contribution in [2.75, 3.05) is 7.11 Å². The molecule has 1 heterocycles. The Bertz CT molecular complexity index is 1010. The first-order chi connectivity index (χ1) is 14.5. The number of esters is 1. The first kappa shape index (κ1) is 21.1. The number of hydrogen-bond donors (Lipinski definition) is 2. The highest BCUT2D eigenvalue weighted by Crippen LogP contribution is 2.27. The van der Waals surface area contributed by atoms with Crippen molar-refractivity contribution in [3.63, 3.8) is 0 Å². The second-order valence-electron chi connectivity index (χ2n) is 6.85. The van der Waals surface area contributed by atoms with Gasteiger partial charge in [0.05, 0.1) is 19.6 Å². The fraction of sp³-hybridized carbons (Fsp3) is 0.286. The van der Waals surface area contributed by atoms with Crippen LogP contribution in [0.2, 0.25) is 0 Å². The highest BCUT2D eigenvalue weighted by Gasteiger charge is 2.27. The van der Waals surface area contributed by atoms with E-state index in [0.29, 0.717) is 5.82 Å². The Hall–Kier alpha value is -3.59. The number of tetrazole rings is 1. The van der Waals surface area contributed by atoms with Crippen molar-refractivity contribution >= 4 is 11.9 Å². The zero-order chi connectivity index (χ0) is 21.5. The summed E-state index contributed by atoms with van der Waals surface area (Å²) < 4.78 is 6.08. The van der Waals surface area contributed by atoms with Crippen LogP contribution in [0.3, 0.4) is 0 Å². The second-order valence-corrected chi connectivity index (χ2v) is 6.85. The zero-order valence-corrected chi connectivity index (χ0v) is 16.7. The number of carboxylic acid groups (broad SMARTS) is 1. The number of nitrogens with one attached hydrogen (secondary N) is 1. The van der Waals surface area contributed by atoms with Crippen LogP contribution in [0.5, 0.6) is 0 Å². The maximum absolute atomic E-state index is 11.8. The molecular weight excluding hydrogens is 386 g/mol. The molecule has 2 unspecified atom stereocenters. The van der Waals surface area contributed by atoms with Gasteiger partial charge in [0.2, 0.25) is 0 Å². The van der Waals surface area contributed by atoms with Crippen LogP contribution in [0.1, 0.15) is 41.0 Å². The Labute approximate surface area is 173 Å². The number of aliphatic carboxylic acids is 1. The molecule has 1 aromatic heterocycles. The zero-order valence-electron chi connectivity index (χ0n) is 16.7. The van der Waals surface area contributed by atoms with E-state index in [4.69, 9.17) is 4.74 Å². The van der Waals surface area contributed by atoms with Gasteiger partial charge in [-0.3, -0.25) is 14.9 Å². The van der Waals surface area contributed by atoms with Gasteiger partial charge in [-0.15, -0.1) is 5.10 Å². The molecule has 0 radical (unpaired) electrons. The summed E-state index contributed by atoms with van der Waals surface area (Å²) in [5.41, 5.74) is 2.70. The van der Waals surface area contributed by atoms with Gasteiger partial charge in [0.15, 0.2) is 5.82 Å². The van der Waals surface area contributed by atoms with Crippen molar-refractivity contribution in [1.82, 2.24) is 25.5 Å². The smallest absolute Gasteiger partial charge is 0.327 e. The van der Waals surface area contributed by atoms with Gasteiger partial charge in [0.1, 0.15) is 6.54 Å². The fourth-order valence-electron chi connectivity index (χ4n) is 3.22. The molecule has 0 saturated carbocycles. The normalized spacial score (nSPS) is 12.9. The van der Waals surface area contributed by atoms with Crippen molar-refractivity contribution in [3.8, 4) is 0 Å². The molecule has 3 rings (SSSR count). The van der Waals surface area contributed by atoms with Crippen molar-refractivity contribution in [3.05, 3.63) is 77.1 Å². The first-order valence-corrected chi connectivity index (χ1v) is 9.40. The highest BCUT2D eigenvalue weighted by molar-refractivity contribution is 5.69. The number of rotatable bonds is 9. The van der Waals surface area contributed by atoms with Gasteiger partial charge in [-0.05, 0) is 28.5 Å². The molecule has 2 atom stereocenters. The number of benzene rings is 2. The third-order valence-corrected chi connectivity index (χ3v) is 4.65. The standard InChI is InChI=1S/C21H23N5O4/c1-14-7-6-10-16(11-14)17(12-18(27)28)22-20(15-8-4-3-5-9-15)21-23-24-25-26(21)13-19(29)30-2/h3-11,17,20,22H,12-13H2,1-2H3,(H,27,28). The molecule has 0 aliphatic heterocycles. The van der Waals surface area contributed by atoms with E-state index < -0.39 is 24.0 Å². The molecule has 9 nitrogen and oxygen atoms in total. The molecule has 0 bridgehead atoms. The minimum atomic E-state index is -0.935. The molecule has 0 aliphatic carbocycles. The van der Waals surface area contributed by atoms with Crippen LogP contribution in [0.15, 0.2) is 54.6 Å². The van der Waals surface area contributed by atoms with Gasteiger partial charge in [-0.1, -0.05) is 60.2 Å². The van der Waals surface area contributed by atoms with Crippen LogP contribution >= 0.6 is 0 Å². The van der Waals surface area contributed by atoms with Crippen molar-refractivity contribution in [1.29, 1.82) is 0 Å². The summed E-state index contributed by atoms with van der Waals surface area (Å²) in [7, 11) is 1.29. The van der Waals surface area contributed by atoms with E-state index in [9.17, 15) is 14.7 Å². The van der Waals surface area contributed by atoms with Gasteiger partial charge in [0.25, 0.3) is 0 Å². The largest absolute Gasteiger partial charge is 0.481 e. The van der Waals surface area contributed by atoms with Gasteiger partial charge in [0, 0.05) is 6.04 Å². The Balaban J connectivity index is 2.01. The number of nitrogens with zero attached hydrogens (tertiary/aromatic N) is 4. The minimum Gasteiger partial charge on any atom is -0.481 e. The van der Waals surface area contributed by atoms with Crippen LogP contribution in [0.25, 0.3) is 0 Å². The summed E-state index contributed by atoms with van der Waals surface area (Å²) in [6.45, 7) is 1.80. The molecule has 0 fully saturated rings. The number of carbonyl (C=O) groups excluding carboxylic acids is 1. The quantitative estimate of drug-likeness (QED) is 0.516. The lowest BCUT2D eigenvalue weighted by molar-refractivity contribution is -0.141. The summed E-state index contributed by atoms with van der Waals surface area (Å²) in [5, 5.41) is 24.6. The predicted octanol–water partition coefficient (Wildman–Crippen LogP) is 2.05. The molecule has 0 spiro atoms. The number of carbonyl (C=O) groups is 2. The van der Waals surface area contributed by atoms with Crippen LogP contribution in [-0.2, 0) is 20.9 Å². The molecule has 0 aliphatic rings. The maximum Gasteiger partial charge on any atom is 0.327 e. The minimum absolute atomic E-state index is 0.134. The van der Waals surface area contributed by atoms with E-state index in [1.54, 1.807) is 0 Å². The molecule has 30 heavy (non-hydrogen) atoms. The summed E-state index contributed by atoms with van der Waals surface area (Å²) in [6, 6.07) is 16.0. The lowest BCUT2D eigenvalue weighted by Gasteiger charge is -2.25. The molecule has 2 N–H and O–H groups in total. The van der Waals surface area contributed by atoms with Crippen LogP contribution in [-0.4, -0.2) is 44.4 Å². The summed E-state index contributed by atoms with van der Waals surface area (Å²) in [4.78, 5) is 23.4.